The zero-order valence-electron chi connectivity index (χ0n) is 9.97. The summed E-state index contributed by atoms with van der Waals surface area (Å²) in [5, 5.41) is 0.610. The Morgan fingerprint density at radius 1 is 1.06 bits per heavy atom. The highest BCUT2D eigenvalue weighted by molar-refractivity contribution is 7.22. The van der Waals surface area contributed by atoms with E-state index in [1.807, 2.05) is 24.3 Å². The molecule has 18 heavy (non-hydrogen) atoms. The molecule has 3 aromatic rings. The standard InChI is InChI=1S/C14H13N3S/c1-8-6-13-12(17-14(16)18-13)7-11(8)9-2-4-10(15)5-3-9/h2-7H,15H2,1H3,(H2,16,17). The fraction of sp³-hybridized carbons (Fsp3) is 0.0714. The molecule has 0 unspecified atom stereocenters. The van der Waals surface area contributed by atoms with Crippen molar-refractivity contribution in [3.8, 4) is 11.1 Å². The molecular formula is C14H13N3S. The van der Waals surface area contributed by atoms with Gasteiger partial charge in [0.05, 0.1) is 10.2 Å². The van der Waals surface area contributed by atoms with Gasteiger partial charge in [0, 0.05) is 5.69 Å². The zero-order valence-corrected chi connectivity index (χ0v) is 10.8. The van der Waals surface area contributed by atoms with Crippen molar-refractivity contribution in [2.75, 3.05) is 11.5 Å². The average Bonchev–Trinajstić information content (AvgIpc) is 2.68. The molecule has 4 heteroatoms. The minimum absolute atomic E-state index is 0.610. The quantitative estimate of drug-likeness (QED) is 0.655. The molecule has 1 heterocycles. The summed E-state index contributed by atoms with van der Waals surface area (Å²) in [6.45, 7) is 2.10. The Balaban J connectivity index is 2.21. The average molecular weight is 255 g/mol. The molecule has 0 saturated carbocycles. The van der Waals surface area contributed by atoms with Crippen molar-refractivity contribution in [2.24, 2.45) is 0 Å². The van der Waals surface area contributed by atoms with Crippen LogP contribution in [0.2, 0.25) is 0 Å². The van der Waals surface area contributed by atoms with Crippen molar-refractivity contribution < 1.29 is 0 Å². The number of anilines is 2. The molecule has 0 aliphatic rings. The molecular weight excluding hydrogens is 242 g/mol. The third-order valence-corrected chi connectivity index (χ3v) is 3.82. The molecule has 3 rings (SSSR count). The van der Waals surface area contributed by atoms with Crippen molar-refractivity contribution in [3.63, 3.8) is 0 Å². The molecule has 0 bridgehead atoms. The molecule has 0 atom stereocenters. The third kappa shape index (κ3) is 1.80. The summed E-state index contributed by atoms with van der Waals surface area (Å²) in [4.78, 5) is 4.33. The lowest BCUT2D eigenvalue weighted by Crippen LogP contribution is -1.86. The van der Waals surface area contributed by atoms with Gasteiger partial charge in [0.25, 0.3) is 0 Å². The summed E-state index contributed by atoms with van der Waals surface area (Å²) in [5.74, 6) is 0. The smallest absolute Gasteiger partial charge is 0.181 e. The maximum atomic E-state index is 5.74. The van der Waals surface area contributed by atoms with Crippen LogP contribution in [-0.2, 0) is 0 Å². The summed E-state index contributed by atoms with van der Waals surface area (Å²) in [7, 11) is 0. The van der Waals surface area contributed by atoms with Crippen molar-refractivity contribution >= 4 is 32.4 Å². The highest BCUT2D eigenvalue weighted by atomic mass is 32.1. The van der Waals surface area contributed by atoms with E-state index in [0.29, 0.717) is 5.13 Å². The molecule has 3 nitrogen and oxygen atoms in total. The molecule has 0 radical (unpaired) electrons. The molecule has 0 spiro atoms. The Bertz CT molecular complexity index is 714. The van der Waals surface area contributed by atoms with E-state index in [0.717, 1.165) is 21.5 Å². The number of rotatable bonds is 1. The van der Waals surface area contributed by atoms with E-state index in [4.69, 9.17) is 11.5 Å². The molecule has 0 fully saturated rings. The second kappa shape index (κ2) is 3.99. The van der Waals surface area contributed by atoms with Gasteiger partial charge in [0.1, 0.15) is 0 Å². The molecule has 4 N–H and O–H groups in total. The maximum Gasteiger partial charge on any atom is 0.181 e. The van der Waals surface area contributed by atoms with E-state index in [2.05, 4.69) is 24.0 Å². The largest absolute Gasteiger partial charge is 0.399 e. The van der Waals surface area contributed by atoms with Crippen LogP contribution in [0.5, 0.6) is 0 Å². The Labute approximate surface area is 109 Å². The van der Waals surface area contributed by atoms with Gasteiger partial charge in [0.15, 0.2) is 5.13 Å². The normalized spacial score (nSPS) is 10.9. The summed E-state index contributed by atoms with van der Waals surface area (Å²) in [5.41, 5.74) is 16.7. The lowest BCUT2D eigenvalue weighted by molar-refractivity contribution is 1.45. The third-order valence-electron chi connectivity index (χ3n) is 2.97. The van der Waals surface area contributed by atoms with Crippen LogP contribution in [0.3, 0.4) is 0 Å². The second-order valence-electron chi connectivity index (χ2n) is 4.31. The van der Waals surface area contributed by atoms with Crippen LogP contribution in [0, 0.1) is 6.92 Å². The number of nitrogens with two attached hydrogens (primary N) is 2. The molecule has 0 aliphatic carbocycles. The predicted molar refractivity (Wildman–Crippen MR) is 78.6 cm³/mol. The van der Waals surface area contributed by atoms with Crippen LogP contribution in [-0.4, -0.2) is 4.98 Å². The highest BCUT2D eigenvalue weighted by Crippen LogP contribution is 2.32. The minimum Gasteiger partial charge on any atom is -0.399 e. The van der Waals surface area contributed by atoms with Gasteiger partial charge in [-0.25, -0.2) is 4.98 Å². The number of aromatic nitrogens is 1. The van der Waals surface area contributed by atoms with Crippen LogP contribution in [0.25, 0.3) is 21.3 Å². The first-order valence-electron chi connectivity index (χ1n) is 5.66. The van der Waals surface area contributed by atoms with Crippen molar-refractivity contribution in [1.82, 2.24) is 4.98 Å². The topological polar surface area (TPSA) is 64.9 Å². The first-order chi connectivity index (χ1) is 8.63. The van der Waals surface area contributed by atoms with Gasteiger partial charge in [-0.1, -0.05) is 23.5 Å². The second-order valence-corrected chi connectivity index (χ2v) is 5.37. The van der Waals surface area contributed by atoms with Gasteiger partial charge in [-0.15, -0.1) is 0 Å². The van der Waals surface area contributed by atoms with Crippen LogP contribution in [0.4, 0.5) is 10.8 Å². The molecule has 0 saturated heterocycles. The van der Waals surface area contributed by atoms with Gasteiger partial charge in [0.2, 0.25) is 0 Å². The Morgan fingerprint density at radius 2 is 1.78 bits per heavy atom. The predicted octanol–water partition coefficient (Wildman–Crippen LogP) is 3.44. The molecule has 0 amide bonds. The summed E-state index contributed by atoms with van der Waals surface area (Å²) in [6.07, 6.45) is 0. The highest BCUT2D eigenvalue weighted by Gasteiger charge is 2.07. The number of nitrogens with zero attached hydrogens (tertiary/aromatic N) is 1. The number of benzene rings is 2. The summed E-state index contributed by atoms with van der Waals surface area (Å²) < 4.78 is 1.13. The van der Waals surface area contributed by atoms with Gasteiger partial charge >= 0.3 is 0 Å². The number of hydrogen-bond donors (Lipinski definition) is 2. The first kappa shape index (κ1) is 11.0. The van der Waals surface area contributed by atoms with Crippen LogP contribution in [0.1, 0.15) is 5.56 Å². The van der Waals surface area contributed by atoms with E-state index in [-0.39, 0.29) is 0 Å². The van der Waals surface area contributed by atoms with E-state index in [1.54, 1.807) is 0 Å². The van der Waals surface area contributed by atoms with Crippen LogP contribution in [0.15, 0.2) is 36.4 Å². The van der Waals surface area contributed by atoms with E-state index < -0.39 is 0 Å². The Kier molecular flexibility index (Phi) is 2.45. The fourth-order valence-corrected chi connectivity index (χ4v) is 2.88. The fourth-order valence-electron chi connectivity index (χ4n) is 2.07. The number of aryl methyl sites for hydroxylation is 1. The number of hydrogen-bond acceptors (Lipinski definition) is 4. The number of fused-ring (bicyclic) bond motifs is 1. The van der Waals surface area contributed by atoms with E-state index in [9.17, 15) is 0 Å². The van der Waals surface area contributed by atoms with Gasteiger partial charge in [-0.05, 0) is 47.9 Å². The summed E-state index contributed by atoms with van der Waals surface area (Å²) >= 11 is 1.52. The van der Waals surface area contributed by atoms with E-state index in [1.165, 1.54) is 22.5 Å². The van der Waals surface area contributed by atoms with Crippen molar-refractivity contribution in [2.45, 2.75) is 6.92 Å². The SMILES string of the molecule is Cc1cc2sc(N)nc2cc1-c1ccc(N)cc1. The van der Waals surface area contributed by atoms with Gasteiger partial charge in [-0.3, -0.25) is 0 Å². The molecule has 90 valence electrons. The van der Waals surface area contributed by atoms with Crippen LogP contribution < -0.4 is 11.5 Å². The zero-order chi connectivity index (χ0) is 12.7. The lowest BCUT2D eigenvalue weighted by Gasteiger charge is -2.06. The van der Waals surface area contributed by atoms with Crippen molar-refractivity contribution in [1.29, 1.82) is 0 Å². The van der Waals surface area contributed by atoms with Crippen molar-refractivity contribution in [3.05, 3.63) is 42.0 Å². The maximum absolute atomic E-state index is 5.74. The van der Waals surface area contributed by atoms with Gasteiger partial charge in [-0.2, -0.15) is 0 Å². The molecule has 2 aromatic carbocycles. The number of nitrogen functional groups attached to an aromatic ring is 2. The Morgan fingerprint density at radius 3 is 2.50 bits per heavy atom. The molecule has 1 aromatic heterocycles. The van der Waals surface area contributed by atoms with Gasteiger partial charge < -0.3 is 11.5 Å². The lowest BCUT2D eigenvalue weighted by atomic mass is 10.00. The first-order valence-corrected chi connectivity index (χ1v) is 6.48. The number of thiazole rings is 1. The monoisotopic (exact) mass is 255 g/mol. The van der Waals surface area contributed by atoms with E-state index >= 15 is 0 Å². The van der Waals surface area contributed by atoms with Crippen LogP contribution >= 0.6 is 11.3 Å². The summed E-state index contributed by atoms with van der Waals surface area (Å²) in [6, 6.07) is 12.1. The molecule has 0 aliphatic heterocycles. The minimum atomic E-state index is 0.610. The Hall–Kier alpha value is -2.07.